The Labute approximate surface area is 91.5 Å². The van der Waals surface area contributed by atoms with Gasteiger partial charge in [-0.1, -0.05) is 18.2 Å². The first kappa shape index (κ1) is 10.2. The van der Waals surface area contributed by atoms with E-state index in [1.807, 2.05) is 0 Å². The predicted molar refractivity (Wildman–Crippen MR) is 57.6 cm³/mol. The Bertz CT molecular complexity index is 521. The molecule has 0 unspecified atom stereocenters. The highest BCUT2D eigenvalue weighted by molar-refractivity contribution is 5.96. The van der Waals surface area contributed by atoms with Crippen LogP contribution in [0.5, 0.6) is 0 Å². The smallest absolute Gasteiger partial charge is 0.338 e. The molecule has 1 aromatic carbocycles. The van der Waals surface area contributed by atoms with Crippen LogP contribution in [0.4, 0.5) is 5.95 Å². The van der Waals surface area contributed by atoms with E-state index in [0.29, 0.717) is 17.0 Å². The zero-order valence-corrected chi connectivity index (χ0v) is 8.60. The van der Waals surface area contributed by atoms with Crippen LogP contribution in [-0.4, -0.2) is 28.3 Å². The van der Waals surface area contributed by atoms with Gasteiger partial charge in [0, 0.05) is 5.56 Å². The minimum absolute atomic E-state index is 0.134. The largest absolute Gasteiger partial charge is 0.465 e. The Kier molecular flexibility index (Phi) is 2.55. The molecule has 1 aromatic heterocycles. The lowest BCUT2D eigenvalue weighted by atomic mass is 10.1. The number of carbonyl (C=O) groups is 1. The maximum atomic E-state index is 11.5. The van der Waals surface area contributed by atoms with Gasteiger partial charge in [0.05, 0.1) is 12.7 Å². The summed E-state index contributed by atoms with van der Waals surface area (Å²) in [6.07, 6.45) is 0. The number of hydrogen-bond donors (Lipinski definition) is 2. The number of nitrogens with one attached hydrogen (secondary N) is 1. The molecule has 0 amide bonds. The van der Waals surface area contributed by atoms with Crippen molar-refractivity contribution in [2.24, 2.45) is 0 Å². The Morgan fingerprint density at radius 2 is 2.19 bits per heavy atom. The number of H-pyrrole nitrogens is 1. The number of ether oxygens (including phenoxy) is 1. The number of anilines is 1. The molecular formula is C10H10N4O2. The Morgan fingerprint density at radius 1 is 1.44 bits per heavy atom. The number of aromatic nitrogens is 3. The average molecular weight is 218 g/mol. The predicted octanol–water partition coefficient (Wildman–Crippen LogP) is 0.840. The zero-order chi connectivity index (χ0) is 11.5. The second-order valence-corrected chi connectivity index (χ2v) is 3.08. The van der Waals surface area contributed by atoms with Crippen molar-refractivity contribution in [1.82, 2.24) is 15.2 Å². The van der Waals surface area contributed by atoms with Crippen LogP contribution in [0.25, 0.3) is 11.4 Å². The minimum atomic E-state index is -0.425. The molecule has 0 aliphatic rings. The van der Waals surface area contributed by atoms with Gasteiger partial charge in [0.25, 0.3) is 0 Å². The van der Waals surface area contributed by atoms with Crippen LogP contribution in [-0.2, 0) is 4.74 Å². The maximum absolute atomic E-state index is 11.5. The van der Waals surface area contributed by atoms with Crippen molar-refractivity contribution < 1.29 is 9.53 Å². The van der Waals surface area contributed by atoms with Gasteiger partial charge in [-0.3, -0.25) is 5.10 Å². The van der Waals surface area contributed by atoms with Gasteiger partial charge in [0.15, 0.2) is 5.82 Å². The number of methoxy groups -OCH3 is 1. The fraction of sp³-hybridized carbons (Fsp3) is 0.100. The molecule has 0 aliphatic carbocycles. The first-order chi connectivity index (χ1) is 7.72. The van der Waals surface area contributed by atoms with Gasteiger partial charge in [0.2, 0.25) is 5.95 Å². The number of benzene rings is 1. The summed E-state index contributed by atoms with van der Waals surface area (Å²) in [4.78, 5) is 15.5. The van der Waals surface area contributed by atoms with Crippen LogP contribution >= 0.6 is 0 Å². The lowest BCUT2D eigenvalue weighted by Gasteiger charge is -2.03. The molecule has 0 fully saturated rings. The van der Waals surface area contributed by atoms with Gasteiger partial charge in [-0.25, -0.2) is 4.79 Å². The van der Waals surface area contributed by atoms with Crippen LogP contribution in [0, 0.1) is 0 Å². The summed E-state index contributed by atoms with van der Waals surface area (Å²) in [5.41, 5.74) is 6.43. The van der Waals surface area contributed by atoms with Crippen molar-refractivity contribution in [3.05, 3.63) is 29.8 Å². The lowest BCUT2D eigenvalue weighted by molar-refractivity contribution is 0.0601. The van der Waals surface area contributed by atoms with Crippen LogP contribution in [0.3, 0.4) is 0 Å². The highest BCUT2D eigenvalue weighted by Gasteiger charge is 2.14. The molecule has 0 spiro atoms. The first-order valence-corrected chi connectivity index (χ1v) is 4.58. The van der Waals surface area contributed by atoms with E-state index < -0.39 is 5.97 Å². The number of nitrogens with zero attached hydrogens (tertiary/aromatic N) is 2. The number of hydrogen-bond acceptors (Lipinski definition) is 5. The molecule has 0 radical (unpaired) electrons. The van der Waals surface area contributed by atoms with E-state index in [4.69, 9.17) is 5.73 Å². The third-order valence-electron chi connectivity index (χ3n) is 2.09. The summed E-state index contributed by atoms with van der Waals surface area (Å²) in [5, 5.41) is 6.36. The summed E-state index contributed by atoms with van der Waals surface area (Å²) in [7, 11) is 1.33. The van der Waals surface area contributed by atoms with E-state index in [9.17, 15) is 4.79 Å². The molecule has 0 bridgehead atoms. The number of nitrogens with two attached hydrogens (primary N) is 1. The molecule has 1 heterocycles. The van der Waals surface area contributed by atoms with E-state index in [1.165, 1.54) is 7.11 Å². The number of carbonyl (C=O) groups excluding carboxylic acids is 1. The Hall–Kier alpha value is -2.37. The third kappa shape index (κ3) is 1.72. The highest BCUT2D eigenvalue weighted by Crippen LogP contribution is 2.20. The maximum Gasteiger partial charge on any atom is 0.338 e. The molecule has 0 aliphatic heterocycles. The molecule has 3 N–H and O–H groups in total. The average Bonchev–Trinajstić information content (AvgIpc) is 2.75. The van der Waals surface area contributed by atoms with Crippen molar-refractivity contribution in [3.63, 3.8) is 0 Å². The van der Waals surface area contributed by atoms with E-state index >= 15 is 0 Å². The van der Waals surface area contributed by atoms with Gasteiger partial charge < -0.3 is 10.5 Å². The van der Waals surface area contributed by atoms with Crippen LogP contribution in [0.15, 0.2) is 24.3 Å². The number of esters is 1. The number of nitrogen functional groups attached to an aromatic ring is 1. The van der Waals surface area contributed by atoms with E-state index in [1.54, 1.807) is 24.3 Å². The number of aromatic amines is 1. The fourth-order valence-corrected chi connectivity index (χ4v) is 1.37. The fourth-order valence-electron chi connectivity index (χ4n) is 1.37. The molecule has 0 saturated heterocycles. The lowest BCUT2D eigenvalue weighted by Crippen LogP contribution is -2.03. The van der Waals surface area contributed by atoms with Gasteiger partial charge in [-0.15, -0.1) is 5.10 Å². The summed E-state index contributed by atoms with van der Waals surface area (Å²) in [5.74, 6) is 0.152. The van der Waals surface area contributed by atoms with E-state index in [-0.39, 0.29) is 5.95 Å². The monoisotopic (exact) mass is 218 g/mol. The zero-order valence-electron chi connectivity index (χ0n) is 8.60. The van der Waals surface area contributed by atoms with Crippen LogP contribution < -0.4 is 5.73 Å². The summed E-state index contributed by atoms with van der Waals surface area (Å²) in [6, 6.07) is 6.93. The van der Waals surface area contributed by atoms with Gasteiger partial charge >= 0.3 is 5.97 Å². The van der Waals surface area contributed by atoms with Crippen molar-refractivity contribution in [2.45, 2.75) is 0 Å². The topological polar surface area (TPSA) is 93.9 Å². The SMILES string of the molecule is COC(=O)c1ccccc1-c1nc(N)n[nH]1. The Balaban J connectivity index is 2.52. The molecule has 6 heteroatoms. The molecule has 82 valence electrons. The highest BCUT2D eigenvalue weighted by atomic mass is 16.5. The second kappa shape index (κ2) is 4.01. The molecule has 2 aromatic rings. The standard InChI is InChI=1S/C10H10N4O2/c1-16-9(15)7-5-3-2-4-6(7)8-12-10(11)14-13-8/h2-5H,1H3,(H3,11,12,13,14). The van der Waals surface area contributed by atoms with Crippen LogP contribution in [0.2, 0.25) is 0 Å². The van der Waals surface area contributed by atoms with E-state index in [2.05, 4.69) is 19.9 Å². The van der Waals surface area contributed by atoms with Gasteiger partial charge in [-0.05, 0) is 6.07 Å². The summed E-state index contributed by atoms with van der Waals surface area (Å²) >= 11 is 0. The van der Waals surface area contributed by atoms with E-state index in [0.717, 1.165) is 0 Å². The van der Waals surface area contributed by atoms with Gasteiger partial charge in [-0.2, -0.15) is 4.98 Å². The molecule has 2 rings (SSSR count). The van der Waals surface area contributed by atoms with Crippen molar-refractivity contribution >= 4 is 11.9 Å². The molecule has 6 nitrogen and oxygen atoms in total. The molecular weight excluding hydrogens is 208 g/mol. The summed E-state index contributed by atoms with van der Waals surface area (Å²) in [6.45, 7) is 0. The molecule has 16 heavy (non-hydrogen) atoms. The Morgan fingerprint density at radius 3 is 2.81 bits per heavy atom. The minimum Gasteiger partial charge on any atom is -0.465 e. The molecule has 0 atom stereocenters. The molecule has 0 saturated carbocycles. The first-order valence-electron chi connectivity index (χ1n) is 4.58. The van der Waals surface area contributed by atoms with Gasteiger partial charge in [0.1, 0.15) is 0 Å². The van der Waals surface area contributed by atoms with Crippen LogP contribution in [0.1, 0.15) is 10.4 Å². The quantitative estimate of drug-likeness (QED) is 0.728. The number of rotatable bonds is 2. The van der Waals surface area contributed by atoms with Crippen molar-refractivity contribution in [2.75, 3.05) is 12.8 Å². The third-order valence-corrected chi connectivity index (χ3v) is 2.09. The van der Waals surface area contributed by atoms with Crippen molar-refractivity contribution in [3.8, 4) is 11.4 Å². The summed E-state index contributed by atoms with van der Waals surface area (Å²) < 4.78 is 4.67. The normalized spacial score (nSPS) is 10.1. The second-order valence-electron chi connectivity index (χ2n) is 3.08. The van der Waals surface area contributed by atoms with Crippen molar-refractivity contribution in [1.29, 1.82) is 0 Å².